The van der Waals surface area contributed by atoms with Crippen LogP contribution in [0.5, 0.6) is 11.5 Å². The number of ether oxygens (including phenoxy) is 2. The summed E-state index contributed by atoms with van der Waals surface area (Å²) in [4.78, 5) is 25.0. The molecule has 108 valence electrons. The van der Waals surface area contributed by atoms with E-state index in [4.69, 9.17) is 9.47 Å². The fraction of sp³-hybridized carbons (Fsp3) is 0.429. The van der Waals surface area contributed by atoms with Crippen LogP contribution < -0.4 is 19.7 Å². The second-order valence-corrected chi connectivity index (χ2v) is 4.60. The van der Waals surface area contributed by atoms with Crippen molar-refractivity contribution < 1.29 is 19.1 Å². The Hall–Kier alpha value is -2.24. The van der Waals surface area contributed by atoms with Crippen molar-refractivity contribution in [1.82, 2.24) is 5.32 Å². The van der Waals surface area contributed by atoms with Crippen molar-refractivity contribution in [2.75, 3.05) is 26.2 Å². The molecule has 20 heavy (non-hydrogen) atoms. The van der Waals surface area contributed by atoms with Crippen LogP contribution in [0.15, 0.2) is 18.2 Å². The molecule has 0 spiro atoms. The molecule has 0 radical (unpaired) electrons. The zero-order valence-corrected chi connectivity index (χ0v) is 11.8. The quantitative estimate of drug-likeness (QED) is 0.890. The number of amides is 2. The van der Waals surface area contributed by atoms with Crippen LogP contribution in [0.2, 0.25) is 0 Å². The number of nitrogens with one attached hydrogen (secondary N) is 1. The molecular formula is C14H18N2O4. The molecule has 6 nitrogen and oxygen atoms in total. The summed E-state index contributed by atoms with van der Waals surface area (Å²) in [5, 5.41) is 2.67. The summed E-state index contributed by atoms with van der Waals surface area (Å²) in [5.41, 5.74) is 0.689. The molecule has 0 aliphatic carbocycles. The van der Waals surface area contributed by atoms with E-state index >= 15 is 0 Å². The van der Waals surface area contributed by atoms with Crippen LogP contribution in [0.25, 0.3) is 0 Å². The number of hydrogen-bond acceptors (Lipinski definition) is 4. The van der Waals surface area contributed by atoms with Crippen LogP contribution in [-0.2, 0) is 9.59 Å². The van der Waals surface area contributed by atoms with E-state index in [1.165, 1.54) is 4.90 Å². The number of anilines is 1. The van der Waals surface area contributed by atoms with E-state index in [-0.39, 0.29) is 11.8 Å². The molecule has 1 aliphatic heterocycles. The lowest BCUT2D eigenvalue weighted by atomic mass is 10.2. The number of carbonyl (C=O) groups is 2. The average Bonchev–Trinajstić information content (AvgIpc) is 2.91. The molecule has 1 aromatic rings. The summed E-state index contributed by atoms with van der Waals surface area (Å²) in [6.45, 7) is 0. The van der Waals surface area contributed by atoms with Gasteiger partial charge in [-0.25, -0.2) is 0 Å². The van der Waals surface area contributed by atoms with Gasteiger partial charge in [0.1, 0.15) is 6.04 Å². The van der Waals surface area contributed by atoms with Crippen molar-refractivity contribution in [3.63, 3.8) is 0 Å². The maximum absolute atomic E-state index is 12.3. The largest absolute Gasteiger partial charge is 0.493 e. The fourth-order valence-electron chi connectivity index (χ4n) is 2.19. The first-order chi connectivity index (χ1) is 9.56. The maximum Gasteiger partial charge on any atom is 0.249 e. The van der Waals surface area contributed by atoms with Crippen LogP contribution in [0, 0.1) is 0 Å². The normalized spacial score (nSPS) is 17.6. The van der Waals surface area contributed by atoms with Crippen molar-refractivity contribution in [1.29, 1.82) is 0 Å². The van der Waals surface area contributed by atoms with Gasteiger partial charge in [-0.3, -0.25) is 9.59 Å². The van der Waals surface area contributed by atoms with Gasteiger partial charge < -0.3 is 19.7 Å². The van der Waals surface area contributed by atoms with Crippen LogP contribution in [0.1, 0.15) is 12.8 Å². The lowest BCUT2D eigenvalue weighted by molar-refractivity contribution is -0.123. The highest BCUT2D eigenvalue weighted by Crippen LogP contribution is 2.31. The Morgan fingerprint density at radius 2 is 2.00 bits per heavy atom. The van der Waals surface area contributed by atoms with E-state index in [9.17, 15) is 9.59 Å². The highest BCUT2D eigenvalue weighted by atomic mass is 16.5. The highest BCUT2D eigenvalue weighted by molar-refractivity contribution is 6.00. The number of rotatable bonds is 4. The fourth-order valence-corrected chi connectivity index (χ4v) is 2.19. The lowest BCUT2D eigenvalue weighted by Crippen LogP contribution is -2.42. The molecule has 2 amide bonds. The Bertz CT molecular complexity index is 530. The van der Waals surface area contributed by atoms with Gasteiger partial charge in [-0.1, -0.05) is 0 Å². The van der Waals surface area contributed by atoms with E-state index in [1.54, 1.807) is 39.5 Å². The second-order valence-electron chi connectivity index (χ2n) is 4.60. The maximum atomic E-state index is 12.3. The molecule has 1 heterocycles. The van der Waals surface area contributed by atoms with Crippen LogP contribution in [-0.4, -0.2) is 39.1 Å². The number of benzene rings is 1. The molecule has 1 aromatic carbocycles. The zero-order chi connectivity index (χ0) is 14.7. The first kappa shape index (κ1) is 14.2. The molecule has 1 saturated heterocycles. The standard InChI is InChI=1S/C14H18N2O4/c1-16(14(18)10-5-7-13(17)15-10)9-4-6-11(19-2)12(8-9)20-3/h4,6,8,10H,5,7H2,1-3H3,(H,15,17). The molecule has 1 unspecified atom stereocenters. The monoisotopic (exact) mass is 278 g/mol. The van der Waals surface area contributed by atoms with Gasteiger partial charge in [0.15, 0.2) is 11.5 Å². The molecule has 1 N–H and O–H groups in total. The van der Waals surface area contributed by atoms with Gasteiger partial charge in [-0.2, -0.15) is 0 Å². The zero-order valence-electron chi connectivity index (χ0n) is 11.8. The van der Waals surface area contributed by atoms with Crippen molar-refractivity contribution >= 4 is 17.5 Å². The summed E-state index contributed by atoms with van der Waals surface area (Å²) in [6.07, 6.45) is 0.936. The van der Waals surface area contributed by atoms with E-state index in [2.05, 4.69) is 5.32 Å². The molecule has 1 aliphatic rings. The SMILES string of the molecule is COc1ccc(N(C)C(=O)C2CCC(=O)N2)cc1OC. The summed E-state index contributed by atoms with van der Waals surface area (Å²) < 4.78 is 10.4. The molecular weight excluding hydrogens is 260 g/mol. The summed E-state index contributed by atoms with van der Waals surface area (Å²) in [6, 6.07) is 4.80. The van der Waals surface area contributed by atoms with E-state index in [1.807, 2.05) is 0 Å². The average molecular weight is 278 g/mol. The highest BCUT2D eigenvalue weighted by Gasteiger charge is 2.30. The topological polar surface area (TPSA) is 67.9 Å². The van der Waals surface area contributed by atoms with Crippen molar-refractivity contribution in [2.24, 2.45) is 0 Å². The van der Waals surface area contributed by atoms with Gasteiger partial charge >= 0.3 is 0 Å². The van der Waals surface area contributed by atoms with Gasteiger partial charge in [0.05, 0.1) is 14.2 Å². The van der Waals surface area contributed by atoms with Crippen molar-refractivity contribution in [2.45, 2.75) is 18.9 Å². The predicted octanol–water partition coefficient (Wildman–Crippen LogP) is 0.945. The number of likely N-dealkylation sites (N-methyl/N-ethyl adjacent to an activating group) is 1. The van der Waals surface area contributed by atoms with E-state index < -0.39 is 6.04 Å². The Morgan fingerprint density at radius 1 is 1.30 bits per heavy atom. The molecule has 2 rings (SSSR count). The molecule has 6 heteroatoms. The minimum absolute atomic E-state index is 0.0796. The summed E-state index contributed by atoms with van der Waals surface area (Å²) >= 11 is 0. The second kappa shape index (κ2) is 5.81. The van der Waals surface area contributed by atoms with Gasteiger partial charge in [0, 0.05) is 25.2 Å². The molecule has 0 saturated carbocycles. The number of nitrogens with zero attached hydrogens (tertiary/aromatic N) is 1. The van der Waals surface area contributed by atoms with Crippen molar-refractivity contribution in [3.8, 4) is 11.5 Å². The predicted molar refractivity (Wildman–Crippen MR) is 74.1 cm³/mol. The smallest absolute Gasteiger partial charge is 0.249 e. The molecule has 1 atom stereocenters. The van der Waals surface area contributed by atoms with Gasteiger partial charge in [0.25, 0.3) is 0 Å². The third kappa shape index (κ3) is 2.68. The Kier molecular flexibility index (Phi) is 4.12. The van der Waals surface area contributed by atoms with Gasteiger partial charge in [0.2, 0.25) is 11.8 Å². The Balaban J connectivity index is 2.18. The Labute approximate surface area is 117 Å². The Morgan fingerprint density at radius 3 is 2.55 bits per heavy atom. The van der Waals surface area contributed by atoms with Crippen molar-refractivity contribution in [3.05, 3.63) is 18.2 Å². The van der Waals surface area contributed by atoms with Crippen LogP contribution >= 0.6 is 0 Å². The molecule has 1 fully saturated rings. The third-order valence-electron chi connectivity index (χ3n) is 3.38. The number of methoxy groups -OCH3 is 2. The molecule has 0 bridgehead atoms. The first-order valence-electron chi connectivity index (χ1n) is 6.35. The third-order valence-corrected chi connectivity index (χ3v) is 3.38. The van der Waals surface area contributed by atoms with Crippen LogP contribution in [0.4, 0.5) is 5.69 Å². The minimum atomic E-state index is -0.444. The molecule has 0 aromatic heterocycles. The van der Waals surface area contributed by atoms with E-state index in [0.717, 1.165) is 0 Å². The lowest BCUT2D eigenvalue weighted by Gasteiger charge is -2.22. The number of hydrogen-bond donors (Lipinski definition) is 1. The van der Waals surface area contributed by atoms with E-state index in [0.29, 0.717) is 30.0 Å². The summed E-state index contributed by atoms with van der Waals surface area (Å²) in [5.74, 6) is 0.943. The number of carbonyl (C=O) groups excluding carboxylic acids is 2. The van der Waals surface area contributed by atoms with Gasteiger partial charge in [-0.15, -0.1) is 0 Å². The minimum Gasteiger partial charge on any atom is -0.493 e. The summed E-state index contributed by atoms with van der Waals surface area (Å²) in [7, 11) is 4.77. The van der Waals surface area contributed by atoms with Crippen LogP contribution in [0.3, 0.4) is 0 Å². The first-order valence-corrected chi connectivity index (χ1v) is 6.35. The van der Waals surface area contributed by atoms with Gasteiger partial charge in [-0.05, 0) is 18.6 Å².